The van der Waals surface area contributed by atoms with E-state index in [4.69, 9.17) is 0 Å². The van der Waals surface area contributed by atoms with E-state index in [9.17, 15) is 0 Å². The number of hydrogen-bond donors (Lipinski definition) is 0. The van der Waals surface area contributed by atoms with Crippen molar-refractivity contribution in [2.75, 3.05) is 0 Å². The highest BCUT2D eigenvalue weighted by molar-refractivity contribution is 4.86. The van der Waals surface area contributed by atoms with Gasteiger partial charge in [0, 0.05) is 0 Å². The molecule has 0 spiro atoms. The Bertz CT molecular complexity index is 105. The smallest absolute Gasteiger partial charge is 0.0328 e. The van der Waals surface area contributed by atoms with Gasteiger partial charge in [-0.15, -0.1) is 0 Å². The molecule has 1 aliphatic rings. The first-order valence-corrected chi connectivity index (χ1v) is 7.68. The van der Waals surface area contributed by atoms with Gasteiger partial charge >= 0.3 is 0 Å². The number of unbranched alkanes of at least 4 members (excludes halogenated alkanes) is 5. The summed E-state index contributed by atoms with van der Waals surface area (Å²) in [5, 5.41) is 0. The third-order valence-corrected chi connectivity index (χ3v) is 3.41. The van der Waals surface area contributed by atoms with E-state index in [1.165, 1.54) is 57.8 Å². The van der Waals surface area contributed by atoms with Crippen LogP contribution in [0.3, 0.4) is 0 Å². The molecule has 0 heterocycles. The molecule has 0 atom stereocenters. The second-order valence-corrected chi connectivity index (χ2v) is 5.08. The van der Waals surface area contributed by atoms with Gasteiger partial charge in [-0.05, 0) is 18.3 Å². The van der Waals surface area contributed by atoms with Crippen LogP contribution in [-0.4, -0.2) is 0 Å². The molecule has 100 valence electrons. The SMILES string of the molecule is CC.CCC1(C)CC1.CCCCCCCC. The van der Waals surface area contributed by atoms with E-state index >= 15 is 0 Å². The van der Waals surface area contributed by atoms with Gasteiger partial charge in [0.1, 0.15) is 0 Å². The van der Waals surface area contributed by atoms with E-state index in [-0.39, 0.29) is 0 Å². The highest BCUT2D eigenvalue weighted by Crippen LogP contribution is 2.47. The Hall–Kier alpha value is 0. The predicted octanol–water partition coefficient (Wildman–Crippen LogP) is 6.59. The molecule has 1 saturated carbocycles. The van der Waals surface area contributed by atoms with Crippen molar-refractivity contribution >= 4 is 0 Å². The van der Waals surface area contributed by atoms with Crippen molar-refractivity contribution in [2.45, 2.75) is 99.3 Å². The molecule has 0 aromatic heterocycles. The summed E-state index contributed by atoms with van der Waals surface area (Å²) in [4.78, 5) is 0. The lowest BCUT2D eigenvalue weighted by Crippen LogP contribution is -1.84. The first-order valence-electron chi connectivity index (χ1n) is 7.68. The Labute approximate surface area is 105 Å². The first kappa shape index (κ1) is 18.4. The molecule has 0 N–H and O–H groups in total. The number of rotatable bonds is 6. The molecule has 16 heavy (non-hydrogen) atoms. The molecular formula is C16H36. The van der Waals surface area contributed by atoms with Gasteiger partial charge < -0.3 is 0 Å². The molecule has 0 nitrogen and oxygen atoms in total. The molecule has 0 heteroatoms. The van der Waals surface area contributed by atoms with E-state index < -0.39 is 0 Å². The zero-order valence-corrected chi connectivity index (χ0v) is 12.9. The van der Waals surface area contributed by atoms with Crippen molar-refractivity contribution in [1.82, 2.24) is 0 Å². The summed E-state index contributed by atoms with van der Waals surface area (Å²) in [5.41, 5.74) is 0.792. The summed E-state index contributed by atoms with van der Waals surface area (Å²) in [6.07, 6.45) is 12.8. The molecule has 0 aromatic carbocycles. The Morgan fingerprint density at radius 3 is 1.25 bits per heavy atom. The topological polar surface area (TPSA) is 0 Å². The van der Waals surface area contributed by atoms with Gasteiger partial charge in [0.15, 0.2) is 0 Å². The molecule has 0 radical (unpaired) electrons. The van der Waals surface area contributed by atoms with E-state index in [1.807, 2.05) is 13.8 Å². The zero-order valence-electron chi connectivity index (χ0n) is 12.9. The summed E-state index contributed by atoms with van der Waals surface area (Å²) < 4.78 is 0. The highest BCUT2D eigenvalue weighted by Gasteiger charge is 2.34. The molecule has 0 bridgehead atoms. The fourth-order valence-electron chi connectivity index (χ4n) is 1.42. The van der Waals surface area contributed by atoms with Gasteiger partial charge in [0.2, 0.25) is 0 Å². The van der Waals surface area contributed by atoms with Crippen LogP contribution in [0.15, 0.2) is 0 Å². The molecule has 0 amide bonds. The lowest BCUT2D eigenvalue weighted by molar-refractivity contribution is 0.551. The van der Waals surface area contributed by atoms with Crippen molar-refractivity contribution in [3.05, 3.63) is 0 Å². The van der Waals surface area contributed by atoms with Crippen LogP contribution < -0.4 is 0 Å². The summed E-state index contributed by atoms with van der Waals surface area (Å²) >= 11 is 0. The van der Waals surface area contributed by atoms with E-state index in [0.29, 0.717) is 0 Å². The van der Waals surface area contributed by atoms with Gasteiger partial charge in [-0.25, -0.2) is 0 Å². The Kier molecular flexibility index (Phi) is 15.0. The van der Waals surface area contributed by atoms with E-state index in [2.05, 4.69) is 27.7 Å². The third kappa shape index (κ3) is 14.0. The van der Waals surface area contributed by atoms with Crippen molar-refractivity contribution in [3.63, 3.8) is 0 Å². The van der Waals surface area contributed by atoms with Crippen molar-refractivity contribution in [2.24, 2.45) is 5.41 Å². The number of hydrogen-bond acceptors (Lipinski definition) is 0. The summed E-state index contributed by atoms with van der Waals surface area (Å²) in [6, 6.07) is 0. The highest BCUT2D eigenvalue weighted by atomic mass is 14.4. The van der Waals surface area contributed by atoms with Gasteiger partial charge in [-0.1, -0.05) is 86.5 Å². The molecule has 0 saturated heterocycles. The van der Waals surface area contributed by atoms with Crippen LogP contribution in [0.25, 0.3) is 0 Å². The average Bonchev–Trinajstić information content (AvgIpc) is 3.07. The van der Waals surface area contributed by atoms with Crippen molar-refractivity contribution in [3.8, 4) is 0 Å². The molecule has 0 unspecified atom stereocenters. The zero-order chi connectivity index (χ0) is 12.9. The van der Waals surface area contributed by atoms with Gasteiger partial charge in [0.25, 0.3) is 0 Å². The monoisotopic (exact) mass is 228 g/mol. The second-order valence-electron chi connectivity index (χ2n) is 5.08. The van der Waals surface area contributed by atoms with E-state index in [1.54, 1.807) is 0 Å². The Balaban J connectivity index is 0. The molecule has 1 aliphatic carbocycles. The molecule has 0 aliphatic heterocycles. The quantitative estimate of drug-likeness (QED) is 0.450. The van der Waals surface area contributed by atoms with Crippen LogP contribution in [-0.2, 0) is 0 Å². The van der Waals surface area contributed by atoms with Gasteiger partial charge in [-0.3, -0.25) is 0 Å². The van der Waals surface area contributed by atoms with Crippen LogP contribution >= 0.6 is 0 Å². The fourth-order valence-corrected chi connectivity index (χ4v) is 1.42. The van der Waals surface area contributed by atoms with Crippen LogP contribution in [0.5, 0.6) is 0 Å². The molecular weight excluding hydrogens is 192 g/mol. The maximum Gasteiger partial charge on any atom is -0.0328 e. The maximum absolute atomic E-state index is 2.35. The summed E-state index contributed by atoms with van der Waals surface area (Å²) in [7, 11) is 0. The minimum atomic E-state index is 0.792. The third-order valence-electron chi connectivity index (χ3n) is 3.41. The minimum absolute atomic E-state index is 0.792. The van der Waals surface area contributed by atoms with E-state index in [0.717, 1.165) is 5.41 Å². The van der Waals surface area contributed by atoms with Crippen LogP contribution in [0, 0.1) is 5.41 Å². The Morgan fingerprint density at radius 1 is 0.750 bits per heavy atom. The molecule has 1 fully saturated rings. The van der Waals surface area contributed by atoms with Crippen molar-refractivity contribution < 1.29 is 0 Å². The standard InChI is InChI=1S/C8H18.C6H12.C2H6/c1-3-5-7-8-6-4-2;1-3-6(2)4-5-6;1-2/h3-8H2,1-2H3;3-5H2,1-2H3;1-2H3. The first-order chi connectivity index (χ1) is 7.68. The summed E-state index contributed by atoms with van der Waals surface area (Å²) in [5.74, 6) is 0. The fraction of sp³-hybridized carbons (Fsp3) is 1.00. The second kappa shape index (κ2) is 13.1. The van der Waals surface area contributed by atoms with Crippen molar-refractivity contribution in [1.29, 1.82) is 0 Å². The Morgan fingerprint density at radius 2 is 1.12 bits per heavy atom. The molecule has 0 aromatic rings. The largest absolute Gasteiger partial charge is 0.0683 e. The van der Waals surface area contributed by atoms with Crippen LogP contribution in [0.2, 0.25) is 0 Å². The predicted molar refractivity (Wildman–Crippen MR) is 78.0 cm³/mol. The van der Waals surface area contributed by atoms with Crippen LogP contribution in [0.4, 0.5) is 0 Å². The van der Waals surface area contributed by atoms with Gasteiger partial charge in [0.05, 0.1) is 0 Å². The molecule has 1 rings (SSSR count). The maximum atomic E-state index is 2.35. The normalized spacial score (nSPS) is 15.4. The lowest BCUT2D eigenvalue weighted by atomic mass is 10.1. The van der Waals surface area contributed by atoms with Crippen LogP contribution in [0.1, 0.15) is 99.3 Å². The minimum Gasteiger partial charge on any atom is -0.0683 e. The summed E-state index contributed by atoms with van der Waals surface area (Å²) in [6.45, 7) is 13.1. The van der Waals surface area contributed by atoms with Gasteiger partial charge in [-0.2, -0.15) is 0 Å². The lowest BCUT2D eigenvalue weighted by Gasteiger charge is -1.96. The average molecular weight is 228 g/mol.